The van der Waals surface area contributed by atoms with E-state index in [1.807, 2.05) is 0 Å². The summed E-state index contributed by atoms with van der Waals surface area (Å²) in [5.41, 5.74) is 0.365. The van der Waals surface area contributed by atoms with E-state index in [2.05, 4.69) is 23.8 Å². The molecule has 3 N–H and O–H groups in total. The van der Waals surface area contributed by atoms with Crippen LogP contribution in [0.15, 0.2) is 95.9 Å². The van der Waals surface area contributed by atoms with Gasteiger partial charge in [0, 0.05) is 23.5 Å². The van der Waals surface area contributed by atoms with Gasteiger partial charge in [0.1, 0.15) is 0 Å². The number of rotatable bonds is 8. The smallest absolute Gasteiger partial charge is 0.416 e. The number of allylic oxidation sites excluding steroid dienone is 7. The molecule has 0 fully saturated rings. The van der Waals surface area contributed by atoms with Crippen LogP contribution in [0.3, 0.4) is 0 Å². The fraction of sp³-hybridized carbons (Fsp3) is 0.200. The molecule has 0 saturated carbocycles. The zero-order valence-corrected chi connectivity index (χ0v) is 18.3. The van der Waals surface area contributed by atoms with Crippen LogP contribution in [-0.4, -0.2) is 23.5 Å². The Hall–Kier alpha value is -3.81. The highest BCUT2D eigenvalue weighted by molar-refractivity contribution is 6.01. The van der Waals surface area contributed by atoms with Gasteiger partial charge < -0.3 is 15.7 Å². The molecule has 1 amide bonds. The second-order valence-corrected chi connectivity index (χ2v) is 7.28. The maximum absolute atomic E-state index is 13.3. The number of aliphatic carboxylic acids is 1. The maximum atomic E-state index is 13.3. The number of amides is 1. The quantitative estimate of drug-likeness (QED) is 0.480. The topological polar surface area (TPSA) is 78.4 Å². The second-order valence-electron chi connectivity index (χ2n) is 7.28. The van der Waals surface area contributed by atoms with Crippen molar-refractivity contribution in [2.45, 2.75) is 25.9 Å². The van der Waals surface area contributed by atoms with Gasteiger partial charge in [0.05, 0.1) is 17.1 Å². The lowest BCUT2D eigenvalue weighted by Gasteiger charge is -2.30. The molecule has 1 aromatic rings. The highest BCUT2D eigenvalue weighted by atomic mass is 19.4. The van der Waals surface area contributed by atoms with Crippen molar-refractivity contribution in [2.75, 3.05) is 6.54 Å². The molecule has 33 heavy (non-hydrogen) atoms. The Morgan fingerprint density at radius 2 is 1.85 bits per heavy atom. The average Bonchev–Trinajstić information content (AvgIpc) is 2.74. The number of dihydropyridines is 1. The minimum Gasteiger partial charge on any atom is -0.478 e. The van der Waals surface area contributed by atoms with Gasteiger partial charge in [-0.1, -0.05) is 61.7 Å². The van der Waals surface area contributed by atoms with Crippen LogP contribution in [0.2, 0.25) is 0 Å². The zero-order chi connectivity index (χ0) is 24.8. The summed E-state index contributed by atoms with van der Waals surface area (Å²) < 4.78 is 39.9. The third-order valence-electron chi connectivity index (χ3n) is 5.02. The lowest BCUT2D eigenvalue weighted by Crippen LogP contribution is -2.36. The fourth-order valence-corrected chi connectivity index (χ4v) is 3.58. The Morgan fingerprint density at radius 3 is 2.42 bits per heavy atom. The van der Waals surface area contributed by atoms with Crippen molar-refractivity contribution in [3.8, 4) is 0 Å². The summed E-state index contributed by atoms with van der Waals surface area (Å²) in [6, 6.07) is 4.36. The van der Waals surface area contributed by atoms with Gasteiger partial charge in [0.15, 0.2) is 0 Å². The molecule has 0 saturated heterocycles. The Kier molecular flexibility index (Phi) is 8.23. The van der Waals surface area contributed by atoms with E-state index in [1.165, 1.54) is 19.1 Å². The summed E-state index contributed by atoms with van der Waals surface area (Å²) >= 11 is 0. The van der Waals surface area contributed by atoms with Crippen molar-refractivity contribution < 1.29 is 27.9 Å². The number of halogens is 3. The van der Waals surface area contributed by atoms with Crippen LogP contribution in [0.25, 0.3) is 0 Å². The number of carboxylic acids is 1. The van der Waals surface area contributed by atoms with E-state index in [0.29, 0.717) is 5.70 Å². The Morgan fingerprint density at radius 1 is 1.18 bits per heavy atom. The second kappa shape index (κ2) is 10.7. The van der Waals surface area contributed by atoms with Crippen molar-refractivity contribution in [3.63, 3.8) is 0 Å². The first-order chi connectivity index (χ1) is 15.5. The number of hydrogen-bond donors (Lipinski definition) is 3. The van der Waals surface area contributed by atoms with E-state index in [4.69, 9.17) is 0 Å². The number of hydrogen-bond acceptors (Lipinski definition) is 3. The number of carbonyl (C=O) groups is 2. The molecule has 174 valence electrons. The highest BCUT2D eigenvalue weighted by Crippen LogP contribution is 2.40. The van der Waals surface area contributed by atoms with E-state index >= 15 is 0 Å². The van der Waals surface area contributed by atoms with E-state index in [0.717, 1.165) is 17.7 Å². The molecule has 2 rings (SSSR count). The van der Waals surface area contributed by atoms with Crippen molar-refractivity contribution in [1.29, 1.82) is 0 Å². The molecule has 1 aliphatic rings. The largest absolute Gasteiger partial charge is 0.478 e. The Bertz CT molecular complexity index is 1090. The van der Waals surface area contributed by atoms with E-state index in [1.54, 1.807) is 37.3 Å². The van der Waals surface area contributed by atoms with E-state index in [9.17, 15) is 27.9 Å². The third kappa shape index (κ3) is 6.12. The highest BCUT2D eigenvalue weighted by Gasteiger charge is 2.38. The zero-order valence-electron chi connectivity index (χ0n) is 18.3. The Labute approximate surface area is 190 Å². The van der Waals surface area contributed by atoms with Crippen LogP contribution in [0.5, 0.6) is 0 Å². The minimum atomic E-state index is -4.61. The number of carbonyl (C=O) groups excluding carboxylic acids is 1. The van der Waals surface area contributed by atoms with Gasteiger partial charge in [-0.05, 0) is 31.1 Å². The normalized spacial score (nSPS) is 17.1. The molecule has 0 radical (unpaired) electrons. The van der Waals surface area contributed by atoms with Crippen molar-refractivity contribution in [3.05, 3.63) is 107 Å². The Balaban J connectivity index is 2.45. The van der Waals surface area contributed by atoms with Crippen molar-refractivity contribution >= 4 is 11.9 Å². The van der Waals surface area contributed by atoms with Crippen molar-refractivity contribution in [1.82, 2.24) is 10.6 Å². The third-order valence-corrected chi connectivity index (χ3v) is 5.02. The summed E-state index contributed by atoms with van der Waals surface area (Å²) in [6.45, 7) is 10.5. The molecular weight excluding hydrogens is 433 g/mol. The molecule has 8 heteroatoms. The molecule has 0 spiro atoms. The average molecular weight is 458 g/mol. The minimum absolute atomic E-state index is 0.0382. The van der Waals surface area contributed by atoms with Crippen LogP contribution < -0.4 is 10.6 Å². The van der Waals surface area contributed by atoms with Crippen LogP contribution in [0.1, 0.15) is 30.9 Å². The predicted molar refractivity (Wildman–Crippen MR) is 121 cm³/mol. The monoisotopic (exact) mass is 458 g/mol. The SMILES string of the molecule is C=C/C=C(C=C)/C=C/CNC(=O)C1=C(C)NC(C)=C(C(=O)O)C1c1cccc(C(F)(F)F)c1. The van der Waals surface area contributed by atoms with Crippen LogP contribution >= 0.6 is 0 Å². The molecule has 1 heterocycles. The van der Waals surface area contributed by atoms with Gasteiger partial charge in [0.2, 0.25) is 5.91 Å². The van der Waals surface area contributed by atoms with E-state index < -0.39 is 29.5 Å². The molecule has 0 aromatic heterocycles. The fourth-order valence-electron chi connectivity index (χ4n) is 3.58. The van der Waals surface area contributed by atoms with Gasteiger partial charge >= 0.3 is 12.1 Å². The lowest BCUT2D eigenvalue weighted by molar-refractivity contribution is -0.137. The van der Waals surface area contributed by atoms with Gasteiger partial charge in [-0.3, -0.25) is 4.79 Å². The summed E-state index contributed by atoms with van der Waals surface area (Å²) in [5, 5.41) is 15.3. The van der Waals surface area contributed by atoms with E-state index in [-0.39, 0.29) is 29.0 Å². The van der Waals surface area contributed by atoms with Gasteiger partial charge in [0.25, 0.3) is 0 Å². The molecule has 1 unspecified atom stereocenters. The summed E-state index contributed by atoms with van der Waals surface area (Å²) in [5.74, 6) is -3.10. The number of benzene rings is 1. The van der Waals surface area contributed by atoms with Crippen LogP contribution in [0.4, 0.5) is 13.2 Å². The van der Waals surface area contributed by atoms with Crippen LogP contribution in [0, 0.1) is 0 Å². The molecular formula is C25H25F3N2O3. The first-order valence-electron chi connectivity index (χ1n) is 10.00. The number of nitrogens with one attached hydrogen (secondary N) is 2. The number of carboxylic acid groups (broad SMARTS) is 1. The van der Waals surface area contributed by atoms with Gasteiger partial charge in [-0.25, -0.2) is 4.79 Å². The van der Waals surface area contributed by atoms with Gasteiger partial charge in [-0.2, -0.15) is 13.2 Å². The van der Waals surface area contributed by atoms with Crippen LogP contribution in [-0.2, 0) is 15.8 Å². The van der Waals surface area contributed by atoms with Crippen molar-refractivity contribution in [2.24, 2.45) is 0 Å². The summed E-state index contributed by atoms with van der Waals surface area (Å²) in [6.07, 6.45) is 3.68. The molecule has 0 aliphatic carbocycles. The number of alkyl halides is 3. The standard InChI is InChI=1S/C25H25F3N2O3/c1-5-9-17(6-2)10-8-13-29-23(31)20-15(3)30-16(4)21(24(32)33)22(20)18-11-7-12-19(14-18)25(26,27)28/h5-12,14,22,30H,1-2,13H2,3-4H3,(H,29,31)(H,32,33)/b10-8+,17-9+. The first kappa shape index (κ1) is 25.5. The molecule has 1 aromatic carbocycles. The lowest BCUT2D eigenvalue weighted by atomic mass is 9.79. The molecule has 5 nitrogen and oxygen atoms in total. The molecule has 0 bridgehead atoms. The predicted octanol–water partition coefficient (Wildman–Crippen LogP) is 5.00. The summed E-state index contributed by atoms with van der Waals surface area (Å²) in [4.78, 5) is 25.1. The molecule has 1 aliphatic heterocycles. The summed E-state index contributed by atoms with van der Waals surface area (Å²) in [7, 11) is 0. The maximum Gasteiger partial charge on any atom is 0.416 e. The molecule has 1 atom stereocenters. The van der Waals surface area contributed by atoms with Gasteiger partial charge in [-0.15, -0.1) is 0 Å². The first-order valence-corrected chi connectivity index (χ1v) is 10.00.